The zero-order valence-electron chi connectivity index (χ0n) is 11.9. The molecule has 3 aromatic rings. The van der Waals surface area contributed by atoms with Crippen molar-refractivity contribution in [3.63, 3.8) is 0 Å². The molecule has 0 spiro atoms. The fourth-order valence-electron chi connectivity index (χ4n) is 2.51. The summed E-state index contributed by atoms with van der Waals surface area (Å²) in [5.41, 5.74) is 3.53. The highest BCUT2D eigenvalue weighted by Gasteiger charge is 2.07. The lowest BCUT2D eigenvalue weighted by molar-refractivity contribution is 0.389. The number of nitrogens with one attached hydrogen (secondary N) is 1. The fourth-order valence-corrected chi connectivity index (χ4v) is 2.51. The molecule has 1 aromatic carbocycles. The van der Waals surface area contributed by atoms with Gasteiger partial charge in [0.25, 0.3) is 0 Å². The predicted octanol–water partition coefficient (Wildman–Crippen LogP) is 3.10. The van der Waals surface area contributed by atoms with E-state index in [-0.39, 0.29) is 0 Å². The molecule has 0 bridgehead atoms. The summed E-state index contributed by atoms with van der Waals surface area (Å²) in [6, 6.07) is 10.6. The van der Waals surface area contributed by atoms with Gasteiger partial charge < -0.3 is 14.4 Å². The van der Waals surface area contributed by atoms with Gasteiger partial charge in [-0.05, 0) is 31.2 Å². The zero-order valence-corrected chi connectivity index (χ0v) is 11.9. The molecule has 20 heavy (non-hydrogen) atoms. The van der Waals surface area contributed by atoms with Gasteiger partial charge in [-0.25, -0.2) is 0 Å². The van der Waals surface area contributed by atoms with Crippen LogP contribution >= 0.6 is 0 Å². The largest absolute Gasteiger partial charge is 0.361 e. The van der Waals surface area contributed by atoms with E-state index < -0.39 is 0 Å². The number of fused-ring (bicyclic) bond motifs is 1. The molecule has 0 atom stereocenters. The summed E-state index contributed by atoms with van der Waals surface area (Å²) < 4.78 is 7.34. The molecule has 3 rings (SSSR count). The Morgan fingerprint density at radius 3 is 2.95 bits per heavy atom. The molecule has 0 saturated carbocycles. The zero-order chi connectivity index (χ0) is 13.9. The molecule has 2 heterocycles. The number of nitrogens with zero attached hydrogens (tertiary/aromatic N) is 2. The predicted molar refractivity (Wildman–Crippen MR) is 79.7 cm³/mol. The van der Waals surface area contributed by atoms with Gasteiger partial charge in [-0.1, -0.05) is 24.2 Å². The van der Waals surface area contributed by atoms with Gasteiger partial charge in [-0.15, -0.1) is 0 Å². The first-order valence-corrected chi connectivity index (χ1v) is 6.97. The van der Waals surface area contributed by atoms with Crippen LogP contribution in [0.25, 0.3) is 10.9 Å². The Bertz CT molecular complexity index is 711. The Kier molecular flexibility index (Phi) is 3.56. The quantitative estimate of drug-likeness (QED) is 0.774. The van der Waals surface area contributed by atoms with Gasteiger partial charge in [-0.2, -0.15) is 0 Å². The molecule has 0 saturated heterocycles. The summed E-state index contributed by atoms with van der Waals surface area (Å²) in [6.07, 6.45) is 2.12. The van der Waals surface area contributed by atoms with Crippen LogP contribution in [-0.2, 0) is 13.1 Å². The van der Waals surface area contributed by atoms with Gasteiger partial charge in [0.05, 0.1) is 6.54 Å². The van der Waals surface area contributed by atoms with Crippen molar-refractivity contribution in [3.8, 4) is 0 Å². The van der Waals surface area contributed by atoms with Crippen LogP contribution in [0.3, 0.4) is 0 Å². The third-order valence-electron chi connectivity index (χ3n) is 3.48. The highest BCUT2D eigenvalue weighted by Crippen LogP contribution is 2.21. The van der Waals surface area contributed by atoms with Gasteiger partial charge in [0.2, 0.25) is 0 Å². The number of rotatable bonds is 5. The van der Waals surface area contributed by atoms with Crippen molar-refractivity contribution >= 4 is 10.9 Å². The minimum absolute atomic E-state index is 0.742. The van der Waals surface area contributed by atoms with Crippen LogP contribution in [0.4, 0.5) is 0 Å². The van der Waals surface area contributed by atoms with E-state index in [9.17, 15) is 0 Å². The van der Waals surface area contributed by atoms with Crippen LogP contribution < -0.4 is 5.32 Å². The third-order valence-corrected chi connectivity index (χ3v) is 3.48. The van der Waals surface area contributed by atoms with Crippen LogP contribution in [0.15, 0.2) is 41.1 Å². The summed E-state index contributed by atoms with van der Waals surface area (Å²) >= 11 is 0. The summed E-state index contributed by atoms with van der Waals surface area (Å²) in [4.78, 5) is 0. The van der Waals surface area contributed by atoms with Crippen LogP contribution in [0.5, 0.6) is 0 Å². The van der Waals surface area contributed by atoms with Crippen LogP contribution in [0.2, 0.25) is 0 Å². The Hall–Kier alpha value is -2.07. The summed E-state index contributed by atoms with van der Waals surface area (Å²) in [7, 11) is 0. The first-order chi connectivity index (χ1) is 9.78. The van der Waals surface area contributed by atoms with Crippen molar-refractivity contribution in [1.82, 2.24) is 15.0 Å². The minimum atomic E-state index is 0.742. The molecule has 0 radical (unpaired) electrons. The second kappa shape index (κ2) is 5.51. The number of hydrogen-bond donors (Lipinski definition) is 1. The van der Waals surface area contributed by atoms with E-state index in [4.69, 9.17) is 4.52 Å². The summed E-state index contributed by atoms with van der Waals surface area (Å²) in [5, 5.41) is 8.74. The van der Waals surface area contributed by atoms with E-state index in [1.807, 2.05) is 13.0 Å². The maximum Gasteiger partial charge on any atom is 0.133 e. The second-order valence-electron chi connectivity index (χ2n) is 5.00. The molecule has 2 aromatic heterocycles. The van der Waals surface area contributed by atoms with E-state index >= 15 is 0 Å². The highest BCUT2D eigenvalue weighted by atomic mass is 16.5. The molecular weight excluding hydrogens is 250 g/mol. The average Bonchev–Trinajstić information content (AvgIpc) is 3.04. The molecule has 0 aliphatic carbocycles. The van der Waals surface area contributed by atoms with E-state index in [1.54, 1.807) is 0 Å². The lowest BCUT2D eigenvalue weighted by Gasteiger charge is -2.06. The van der Waals surface area contributed by atoms with Gasteiger partial charge in [0, 0.05) is 29.7 Å². The first-order valence-electron chi connectivity index (χ1n) is 6.97. The first kappa shape index (κ1) is 12.9. The molecule has 0 unspecified atom stereocenters. The van der Waals surface area contributed by atoms with E-state index in [1.165, 1.54) is 16.5 Å². The second-order valence-corrected chi connectivity index (χ2v) is 5.00. The molecule has 4 heteroatoms. The molecular formula is C16H19N3O. The van der Waals surface area contributed by atoms with Crippen molar-refractivity contribution in [2.24, 2.45) is 0 Å². The van der Waals surface area contributed by atoms with Crippen LogP contribution in [-0.4, -0.2) is 16.3 Å². The lowest BCUT2D eigenvalue weighted by Crippen LogP contribution is -2.11. The molecule has 104 valence electrons. The Balaban J connectivity index is 1.92. The standard InChI is InChI=1S/C16H19N3O/c1-3-17-10-13-5-4-6-16-15(13)7-8-19(16)11-14-9-12(2)20-18-14/h4-9,17H,3,10-11H2,1-2H3. The van der Waals surface area contributed by atoms with E-state index in [0.717, 1.165) is 31.1 Å². The molecule has 1 N–H and O–H groups in total. The molecule has 0 fully saturated rings. The number of aromatic nitrogens is 2. The molecule has 0 aliphatic heterocycles. The van der Waals surface area contributed by atoms with Gasteiger partial charge in [0.1, 0.15) is 11.5 Å². The Morgan fingerprint density at radius 2 is 2.20 bits per heavy atom. The van der Waals surface area contributed by atoms with Crippen molar-refractivity contribution in [1.29, 1.82) is 0 Å². The van der Waals surface area contributed by atoms with Gasteiger partial charge >= 0.3 is 0 Å². The van der Waals surface area contributed by atoms with E-state index in [0.29, 0.717) is 0 Å². The monoisotopic (exact) mass is 269 g/mol. The van der Waals surface area contributed by atoms with Crippen LogP contribution in [0.1, 0.15) is 23.9 Å². The Morgan fingerprint density at radius 1 is 1.30 bits per heavy atom. The lowest BCUT2D eigenvalue weighted by atomic mass is 10.1. The maximum absolute atomic E-state index is 5.13. The van der Waals surface area contributed by atoms with Gasteiger partial charge in [-0.3, -0.25) is 0 Å². The van der Waals surface area contributed by atoms with Crippen molar-refractivity contribution < 1.29 is 4.52 Å². The maximum atomic E-state index is 5.13. The van der Waals surface area contributed by atoms with E-state index in [2.05, 4.69) is 52.4 Å². The number of aryl methyl sites for hydroxylation is 1. The normalized spacial score (nSPS) is 11.3. The third kappa shape index (κ3) is 2.47. The molecule has 4 nitrogen and oxygen atoms in total. The number of hydrogen-bond acceptors (Lipinski definition) is 3. The highest BCUT2D eigenvalue weighted by molar-refractivity contribution is 5.83. The summed E-state index contributed by atoms with van der Waals surface area (Å²) in [5.74, 6) is 0.851. The van der Waals surface area contributed by atoms with Crippen molar-refractivity contribution in [2.75, 3.05) is 6.54 Å². The number of benzene rings is 1. The molecule has 0 amide bonds. The smallest absolute Gasteiger partial charge is 0.133 e. The minimum Gasteiger partial charge on any atom is -0.361 e. The molecule has 0 aliphatic rings. The van der Waals surface area contributed by atoms with Gasteiger partial charge in [0.15, 0.2) is 0 Å². The van der Waals surface area contributed by atoms with Crippen molar-refractivity contribution in [3.05, 3.63) is 53.5 Å². The fraction of sp³-hybridized carbons (Fsp3) is 0.312. The topological polar surface area (TPSA) is 43.0 Å². The SMILES string of the molecule is CCNCc1cccc2c1ccn2Cc1cc(C)on1. The summed E-state index contributed by atoms with van der Waals surface area (Å²) in [6.45, 7) is 6.67. The van der Waals surface area contributed by atoms with Crippen LogP contribution in [0, 0.1) is 6.92 Å². The Labute approximate surface area is 118 Å². The average molecular weight is 269 g/mol. The van der Waals surface area contributed by atoms with Crippen molar-refractivity contribution in [2.45, 2.75) is 26.9 Å².